The van der Waals surface area contributed by atoms with Gasteiger partial charge in [0.05, 0.1) is 0 Å². The van der Waals surface area contributed by atoms with Crippen LogP contribution in [0.25, 0.3) is 0 Å². The summed E-state index contributed by atoms with van der Waals surface area (Å²) in [5.74, 6) is 0.852. The Hall–Kier alpha value is -0.610. The Morgan fingerprint density at radius 3 is 2.42 bits per heavy atom. The largest absolute Gasteiger partial charge is 0.355 e. The normalized spacial score (nSPS) is 29.7. The zero-order valence-corrected chi connectivity index (χ0v) is 12.5. The molecular weight excluding hydrogens is 238 g/mol. The second-order valence-electron chi connectivity index (χ2n) is 6.06. The lowest BCUT2D eigenvalue weighted by molar-refractivity contribution is -0.122. The lowest BCUT2D eigenvalue weighted by Crippen LogP contribution is -2.40. The van der Waals surface area contributed by atoms with E-state index < -0.39 is 0 Å². The fourth-order valence-electron chi connectivity index (χ4n) is 3.57. The van der Waals surface area contributed by atoms with E-state index in [4.69, 9.17) is 0 Å². The molecule has 110 valence electrons. The van der Waals surface area contributed by atoms with Crippen molar-refractivity contribution in [1.82, 2.24) is 15.5 Å². The maximum atomic E-state index is 12.0. The fourth-order valence-corrected chi connectivity index (χ4v) is 3.57. The van der Waals surface area contributed by atoms with Crippen LogP contribution in [0.3, 0.4) is 0 Å². The number of nitrogens with one attached hydrogen (secondary N) is 2. The summed E-state index contributed by atoms with van der Waals surface area (Å²) in [6.07, 6.45) is 5.74. The molecule has 2 atom stereocenters. The summed E-state index contributed by atoms with van der Waals surface area (Å²) in [6, 6.07) is 1.37. The molecule has 2 N–H and O–H groups in total. The van der Waals surface area contributed by atoms with E-state index in [1.807, 2.05) is 0 Å². The monoisotopic (exact) mass is 267 g/mol. The maximum Gasteiger partial charge on any atom is 0.220 e. The third kappa shape index (κ3) is 4.46. The van der Waals surface area contributed by atoms with E-state index in [2.05, 4.69) is 29.4 Å². The molecule has 4 nitrogen and oxygen atoms in total. The van der Waals surface area contributed by atoms with E-state index in [1.165, 1.54) is 25.7 Å². The first-order valence-electron chi connectivity index (χ1n) is 7.96. The van der Waals surface area contributed by atoms with E-state index in [0.717, 1.165) is 32.6 Å². The van der Waals surface area contributed by atoms with Crippen LogP contribution in [0.5, 0.6) is 0 Å². The number of piperidine rings is 1. The number of nitrogens with zero attached hydrogens (tertiary/aromatic N) is 1. The van der Waals surface area contributed by atoms with Gasteiger partial charge in [0, 0.05) is 31.6 Å². The van der Waals surface area contributed by atoms with Crippen molar-refractivity contribution >= 4 is 5.91 Å². The Morgan fingerprint density at radius 2 is 1.84 bits per heavy atom. The van der Waals surface area contributed by atoms with Crippen molar-refractivity contribution in [2.24, 2.45) is 5.92 Å². The van der Waals surface area contributed by atoms with Crippen molar-refractivity contribution in [3.63, 3.8) is 0 Å². The van der Waals surface area contributed by atoms with Crippen LogP contribution in [0.1, 0.15) is 46.0 Å². The van der Waals surface area contributed by atoms with Gasteiger partial charge in [-0.05, 0) is 44.7 Å². The lowest BCUT2D eigenvalue weighted by Gasteiger charge is -2.28. The van der Waals surface area contributed by atoms with Gasteiger partial charge in [-0.1, -0.05) is 13.8 Å². The van der Waals surface area contributed by atoms with Crippen LogP contribution in [-0.2, 0) is 4.79 Å². The van der Waals surface area contributed by atoms with Crippen LogP contribution in [0, 0.1) is 5.92 Å². The molecule has 0 aromatic rings. The van der Waals surface area contributed by atoms with Crippen LogP contribution in [-0.4, -0.2) is 49.1 Å². The predicted octanol–water partition coefficient (Wildman–Crippen LogP) is 1.37. The van der Waals surface area contributed by atoms with Gasteiger partial charge in [0.2, 0.25) is 5.91 Å². The highest BCUT2D eigenvalue weighted by Crippen LogP contribution is 2.32. The van der Waals surface area contributed by atoms with Gasteiger partial charge in [-0.3, -0.25) is 4.79 Å². The van der Waals surface area contributed by atoms with Gasteiger partial charge < -0.3 is 15.5 Å². The van der Waals surface area contributed by atoms with Crippen molar-refractivity contribution in [2.45, 2.75) is 58.0 Å². The zero-order chi connectivity index (χ0) is 13.7. The molecule has 2 heterocycles. The first-order chi connectivity index (χ1) is 9.21. The second kappa shape index (κ2) is 7.25. The third-order valence-electron chi connectivity index (χ3n) is 4.69. The van der Waals surface area contributed by atoms with Crippen molar-refractivity contribution in [2.75, 3.05) is 26.2 Å². The molecule has 4 heteroatoms. The van der Waals surface area contributed by atoms with Crippen LogP contribution >= 0.6 is 0 Å². The number of hydrogen-bond donors (Lipinski definition) is 2. The third-order valence-corrected chi connectivity index (χ3v) is 4.69. The van der Waals surface area contributed by atoms with Crippen molar-refractivity contribution < 1.29 is 4.79 Å². The minimum atomic E-state index is 0.249. The number of amides is 1. The van der Waals surface area contributed by atoms with E-state index in [-0.39, 0.29) is 5.91 Å². The molecule has 0 aromatic heterocycles. The Morgan fingerprint density at radius 1 is 1.21 bits per heavy atom. The molecule has 0 radical (unpaired) electrons. The molecule has 0 saturated carbocycles. The predicted molar refractivity (Wildman–Crippen MR) is 78.1 cm³/mol. The summed E-state index contributed by atoms with van der Waals surface area (Å²) in [5.41, 5.74) is 0. The number of fused-ring (bicyclic) bond motifs is 2. The summed E-state index contributed by atoms with van der Waals surface area (Å²) in [7, 11) is 0. The molecule has 2 aliphatic heterocycles. The quantitative estimate of drug-likeness (QED) is 0.732. The van der Waals surface area contributed by atoms with E-state index in [9.17, 15) is 4.79 Å². The second-order valence-corrected chi connectivity index (χ2v) is 6.06. The molecule has 2 bridgehead atoms. The smallest absolute Gasteiger partial charge is 0.220 e. The van der Waals surface area contributed by atoms with Gasteiger partial charge in [0.1, 0.15) is 0 Å². The first kappa shape index (κ1) is 14.8. The Bertz CT molecular complexity index is 279. The number of likely N-dealkylation sites (N-methyl/N-ethyl adjacent to an activating group) is 1. The Balaban J connectivity index is 1.62. The van der Waals surface area contributed by atoms with Gasteiger partial charge >= 0.3 is 0 Å². The van der Waals surface area contributed by atoms with Crippen molar-refractivity contribution in [3.05, 3.63) is 0 Å². The number of carbonyl (C=O) groups is 1. The molecule has 2 fully saturated rings. The summed E-state index contributed by atoms with van der Waals surface area (Å²) in [5, 5.41) is 6.71. The van der Waals surface area contributed by atoms with E-state index >= 15 is 0 Å². The topological polar surface area (TPSA) is 44.4 Å². The number of carbonyl (C=O) groups excluding carboxylic acids is 1. The molecule has 0 aliphatic carbocycles. The van der Waals surface area contributed by atoms with Crippen LogP contribution in [0.4, 0.5) is 0 Å². The highest BCUT2D eigenvalue weighted by molar-refractivity contribution is 5.76. The molecule has 2 aliphatic rings. The average molecular weight is 267 g/mol. The van der Waals surface area contributed by atoms with E-state index in [1.54, 1.807) is 0 Å². The Labute approximate surface area is 117 Å². The lowest BCUT2D eigenvalue weighted by atomic mass is 9.89. The zero-order valence-electron chi connectivity index (χ0n) is 12.5. The molecule has 1 amide bonds. The Kier molecular flexibility index (Phi) is 5.64. The minimum Gasteiger partial charge on any atom is -0.355 e. The van der Waals surface area contributed by atoms with Crippen LogP contribution < -0.4 is 10.6 Å². The first-order valence-corrected chi connectivity index (χ1v) is 7.96. The van der Waals surface area contributed by atoms with E-state index in [0.29, 0.717) is 18.0 Å². The standard InChI is InChI=1S/C15H29N3O/c1-3-18(4-2)8-7-16-15(19)11-12-9-13-5-6-14(10-12)17-13/h12-14,17H,3-11H2,1-2H3,(H,16,19). The summed E-state index contributed by atoms with van der Waals surface area (Å²) < 4.78 is 0. The number of rotatable bonds is 7. The van der Waals surface area contributed by atoms with Crippen LogP contribution in [0.15, 0.2) is 0 Å². The van der Waals surface area contributed by atoms with Gasteiger partial charge in [0.15, 0.2) is 0 Å². The molecule has 2 saturated heterocycles. The molecule has 19 heavy (non-hydrogen) atoms. The fraction of sp³-hybridized carbons (Fsp3) is 0.933. The molecule has 0 spiro atoms. The highest BCUT2D eigenvalue weighted by atomic mass is 16.1. The summed E-state index contributed by atoms with van der Waals surface area (Å²) in [6.45, 7) is 8.20. The molecule has 0 aromatic carbocycles. The SMILES string of the molecule is CCN(CC)CCNC(=O)CC1CC2CCC(C1)N2. The highest BCUT2D eigenvalue weighted by Gasteiger charge is 2.33. The minimum absolute atomic E-state index is 0.249. The van der Waals surface area contributed by atoms with Gasteiger partial charge in [-0.25, -0.2) is 0 Å². The average Bonchev–Trinajstić information content (AvgIpc) is 2.74. The van der Waals surface area contributed by atoms with Gasteiger partial charge in [0.25, 0.3) is 0 Å². The molecular formula is C15H29N3O. The van der Waals surface area contributed by atoms with Gasteiger partial charge in [-0.15, -0.1) is 0 Å². The summed E-state index contributed by atoms with van der Waals surface area (Å²) in [4.78, 5) is 14.3. The maximum absolute atomic E-state index is 12.0. The van der Waals surface area contributed by atoms with Crippen molar-refractivity contribution in [3.8, 4) is 0 Å². The summed E-state index contributed by atoms with van der Waals surface area (Å²) >= 11 is 0. The number of hydrogen-bond acceptors (Lipinski definition) is 3. The molecule has 2 unspecified atom stereocenters. The van der Waals surface area contributed by atoms with Crippen LogP contribution in [0.2, 0.25) is 0 Å². The molecule has 2 rings (SSSR count). The van der Waals surface area contributed by atoms with Crippen molar-refractivity contribution in [1.29, 1.82) is 0 Å². The van der Waals surface area contributed by atoms with Gasteiger partial charge in [-0.2, -0.15) is 0 Å².